The van der Waals surface area contributed by atoms with Crippen LogP contribution in [0.4, 0.5) is 0 Å². The van der Waals surface area contributed by atoms with Crippen LogP contribution in [0, 0.1) is 0 Å². The van der Waals surface area contributed by atoms with Gasteiger partial charge in [-0.1, -0.05) is 11.6 Å². The Hall–Kier alpha value is -2.09. The minimum absolute atomic E-state index is 0.107. The van der Waals surface area contributed by atoms with Gasteiger partial charge in [-0.25, -0.2) is 0 Å². The molecule has 1 saturated heterocycles. The first kappa shape index (κ1) is 15.8. The Balaban J connectivity index is 1.65. The number of halogens is 1. The van der Waals surface area contributed by atoms with Crippen molar-refractivity contribution in [2.24, 2.45) is 0 Å². The van der Waals surface area contributed by atoms with E-state index in [2.05, 4.69) is 10.3 Å². The maximum absolute atomic E-state index is 12.1. The third kappa shape index (κ3) is 3.17. The molecule has 2 aromatic rings. The highest BCUT2D eigenvalue weighted by Gasteiger charge is 2.40. The second-order valence-corrected chi connectivity index (χ2v) is 5.96. The number of carbonyl (C=O) groups excluding carboxylic acids is 2. The summed E-state index contributed by atoms with van der Waals surface area (Å²) >= 11 is 5.90. The quantitative estimate of drug-likeness (QED) is 0.622. The van der Waals surface area contributed by atoms with Crippen LogP contribution in [0.2, 0.25) is 5.02 Å². The van der Waals surface area contributed by atoms with Crippen molar-refractivity contribution in [2.45, 2.75) is 18.8 Å². The number of nitrogens with zero attached hydrogens (tertiary/aromatic N) is 1. The Bertz CT molecular complexity index is 771. The van der Waals surface area contributed by atoms with E-state index >= 15 is 0 Å². The van der Waals surface area contributed by atoms with Crippen molar-refractivity contribution < 1.29 is 19.8 Å². The first-order valence-corrected chi connectivity index (χ1v) is 7.56. The molecular formula is C15H16ClN3O4. The van der Waals surface area contributed by atoms with Crippen molar-refractivity contribution >= 4 is 34.3 Å². The normalized spacial score (nSPS) is 16.7. The molecule has 8 heteroatoms. The summed E-state index contributed by atoms with van der Waals surface area (Å²) in [7, 11) is 0. The average Bonchev–Trinajstić information content (AvgIpc) is 3.06. The summed E-state index contributed by atoms with van der Waals surface area (Å²) < 4.78 is 0. The molecule has 0 saturated carbocycles. The standard InChI is InChI=1S/C15H16ClN3O4/c16-10-2-3-11-9(6-10)7-12(18-11)14(21)17-8-13(20)19-5-1-4-15(19,22)23/h2-3,6-7,18,22-23H,1,4-5,8H2,(H,17,21). The number of aromatic nitrogens is 1. The summed E-state index contributed by atoms with van der Waals surface area (Å²) in [5.74, 6) is -3.12. The van der Waals surface area contributed by atoms with Crippen molar-refractivity contribution in [3.8, 4) is 0 Å². The van der Waals surface area contributed by atoms with Gasteiger partial charge in [0.1, 0.15) is 5.69 Å². The maximum atomic E-state index is 12.1. The summed E-state index contributed by atoms with van der Waals surface area (Å²) in [4.78, 5) is 28.0. The first-order chi connectivity index (χ1) is 10.9. The Morgan fingerprint density at radius 3 is 2.83 bits per heavy atom. The van der Waals surface area contributed by atoms with Crippen LogP contribution in [0.15, 0.2) is 24.3 Å². The van der Waals surface area contributed by atoms with Gasteiger partial charge in [-0.05, 0) is 30.7 Å². The highest BCUT2D eigenvalue weighted by atomic mass is 35.5. The fourth-order valence-electron chi connectivity index (χ4n) is 2.69. The Morgan fingerprint density at radius 2 is 2.13 bits per heavy atom. The molecule has 4 N–H and O–H groups in total. The molecule has 0 atom stereocenters. The highest BCUT2D eigenvalue weighted by Crippen LogP contribution is 2.23. The van der Waals surface area contributed by atoms with Crippen LogP contribution in [0.1, 0.15) is 23.3 Å². The zero-order valence-electron chi connectivity index (χ0n) is 12.2. The van der Waals surface area contributed by atoms with E-state index in [1.54, 1.807) is 24.3 Å². The zero-order chi connectivity index (χ0) is 16.6. The Morgan fingerprint density at radius 1 is 1.35 bits per heavy atom. The number of hydrogen-bond acceptors (Lipinski definition) is 4. The lowest BCUT2D eigenvalue weighted by Crippen LogP contribution is -2.50. The predicted molar refractivity (Wildman–Crippen MR) is 83.8 cm³/mol. The smallest absolute Gasteiger partial charge is 0.268 e. The van der Waals surface area contributed by atoms with Gasteiger partial charge in [0, 0.05) is 28.9 Å². The minimum Gasteiger partial charge on any atom is -0.351 e. The van der Waals surface area contributed by atoms with E-state index in [-0.39, 0.29) is 19.5 Å². The molecule has 0 spiro atoms. The molecule has 7 nitrogen and oxygen atoms in total. The van der Waals surface area contributed by atoms with Crippen LogP contribution in [0.25, 0.3) is 10.9 Å². The summed E-state index contributed by atoms with van der Waals surface area (Å²) in [6, 6.07) is 6.83. The largest absolute Gasteiger partial charge is 0.351 e. The number of carbonyl (C=O) groups is 2. The van der Waals surface area contributed by atoms with Gasteiger partial charge in [0.2, 0.25) is 11.8 Å². The first-order valence-electron chi connectivity index (χ1n) is 7.18. The number of rotatable bonds is 3. The molecule has 1 aromatic carbocycles. The van der Waals surface area contributed by atoms with Crippen molar-refractivity contribution in [3.05, 3.63) is 35.0 Å². The average molecular weight is 338 g/mol. The van der Waals surface area contributed by atoms with Crippen molar-refractivity contribution in [1.82, 2.24) is 15.2 Å². The number of nitrogens with one attached hydrogen (secondary N) is 2. The molecule has 1 aliphatic heterocycles. The van der Waals surface area contributed by atoms with Gasteiger partial charge < -0.3 is 20.5 Å². The van der Waals surface area contributed by atoms with Gasteiger partial charge in [-0.2, -0.15) is 0 Å². The lowest BCUT2D eigenvalue weighted by atomic mass is 10.2. The van der Waals surface area contributed by atoms with Gasteiger partial charge >= 0.3 is 0 Å². The molecular weight excluding hydrogens is 322 g/mol. The van der Waals surface area contributed by atoms with Crippen LogP contribution in [-0.2, 0) is 4.79 Å². The van der Waals surface area contributed by atoms with Gasteiger partial charge in [0.15, 0.2) is 0 Å². The summed E-state index contributed by atoms with van der Waals surface area (Å²) in [6.45, 7) is -0.0512. The molecule has 23 heavy (non-hydrogen) atoms. The number of hydrogen-bond donors (Lipinski definition) is 4. The van der Waals surface area contributed by atoms with E-state index in [1.165, 1.54) is 0 Å². The summed E-state index contributed by atoms with van der Waals surface area (Å²) in [6.07, 6.45) is 0.616. The number of H-pyrrole nitrogens is 1. The fourth-order valence-corrected chi connectivity index (χ4v) is 2.87. The second-order valence-electron chi connectivity index (χ2n) is 5.52. The van der Waals surface area contributed by atoms with Gasteiger partial charge in [0.25, 0.3) is 5.91 Å². The molecule has 0 bridgehead atoms. The SMILES string of the molecule is O=C(NCC(=O)N1CCCC1(O)O)c1cc2cc(Cl)ccc2[nH]1. The number of likely N-dealkylation sites (tertiary alicyclic amines) is 1. The second kappa shape index (κ2) is 5.84. The minimum atomic E-state index is -2.13. The number of benzene rings is 1. The van der Waals surface area contributed by atoms with Crippen LogP contribution in [-0.4, -0.2) is 50.9 Å². The molecule has 1 aliphatic rings. The van der Waals surface area contributed by atoms with Crippen LogP contribution in [0.5, 0.6) is 0 Å². The van der Waals surface area contributed by atoms with Crippen LogP contribution >= 0.6 is 11.6 Å². The zero-order valence-corrected chi connectivity index (χ0v) is 12.9. The molecule has 1 aromatic heterocycles. The van der Waals surface area contributed by atoms with E-state index < -0.39 is 17.7 Å². The molecule has 0 unspecified atom stereocenters. The van der Waals surface area contributed by atoms with E-state index in [4.69, 9.17) is 11.6 Å². The number of aliphatic hydroxyl groups is 2. The summed E-state index contributed by atoms with van der Waals surface area (Å²) in [5, 5.41) is 23.1. The van der Waals surface area contributed by atoms with Crippen LogP contribution in [0.3, 0.4) is 0 Å². The molecule has 1 fully saturated rings. The van der Waals surface area contributed by atoms with E-state index in [9.17, 15) is 19.8 Å². The lowest BCUT2D eigenvalue weighted by molar-refractivity contribution is -0.239. The maximum Gasteiger partial charge on any atom is 0.268 e. The summed E-state index contributed by atoms with van der Waals surface area (Å²) in [5.41, 5.74) is 1.06. The van der Waals surface area contributed by atoms with Gasteiger partial charge in [-0.15, -0.1) is 0 Å². The monoisotopic (exact) mass is 337 g/mol. The Labute approximate surface area is 136 Å². The molecule has 0 aliphatic carbocycles. The molecule has 0 radical (unpaired) electrons. The number of aromatic amines is 1. The van der Waals surface area contributed by atoms with E-state index in [1.807, 2.05) is 0 Å². The third-order valence-electron chi connectivity index (χ3n) is 3.85. The van der Waals surface area contributed by atoms with Gasteiger partial charge in [0.05, 0.1) is 6.54 Å². The highest BCUT2D eigenvalue weighted by molar-refractivity contribution is 6.31. The topological polar surface area (TPSA) is 106 Å². The number of fused-ring (bicyclic) bond motifs is 1. The fraction of sp³-hybridized carbons (Fsp3) is 0.333. The van der Waals surface area contributed by atoms with Crippen LogP contribution < -0.4 is 5.32 Å². The van der Waals surface area contributed by atoms with Crippen molar-refractivity contribution in [3.63, 3.8) is 0 Å². The molecule has 2 heterocycles. The molecule has 122 valence electrons. The Kier molecular flexibility index (Phi) is 4.01. The van der Waals surface area contributed by atoms with Gasteiger partial charge in [-0.3, -0.25) is 14.5 Å². The van der Waals surface area contributed by atoms with Crippen molar-refractivity contribution in [2.75, 3.05) is 13.1 Å². The third-order valence-corrected chi connectivity index (χ3v) is 4.09. The molecule has 2 amide bonds. The number of amides is 2. The van der Waals surface area contributed by atoms with Crippen molar-refractivity contribution in [1.29, 1.82) is 0 Å². The lowest BCUT2D eigenvalue weighted by Gasteiger charge is -2.28. The van der Waals surface area contributed by atoms with E-state index in [0.717, 1.165) is 15.8 Å². The van der Waals surface area contributed by atoms with E-state index in [0.29, 0.717) is 17.1 Å². The molecule has 3 rings (SSSR count). The predicted octanol–water partition coefficient (Wildman–Crippen LogP) is 0.812.